The van der Waals surface area contributed by atoms with E-state index in [-0.39, 0.29) is 6.54 Å². The van der Waals surface area contributed by atoms with Crippen molar-refractivity contribution in [3.05, 3.63) is 0 Å². The maximum Gasteiger partial charge on any atom is 0.334 e. The lowest BCUT2D eigenvalue weighted by Crippen LogP contribution is -2.55. The van der Waals surface area contributed by atoms with Crippen LogP contribution >= 0.6 is 0 Å². The average molecular weight is 273 g/mol. The van der Waals surface area contributed by atoms with Crippen molar-refractivity contribution in [2.45, 2.75) is 31.4 Å². The average Bonchev–Trinajstić information content (AvgIpc) is 2.38. The number of piperidine rings is 1. The van der Waals surface area contributed by atoms with Gasteiger partial charge in [0.25, 0.3) is 0 Å². The van der Waals surface area contributed by atoms with Crippen molar-refractivity contribution in [2.24, 2.45) is 5.73 Å². The van der Waals surface area contributed by atoms with Crippen molar-refractivity contribution in [1.82, 2.24) is 10.2 Å². The van der Waals surface area contributed by atoms with Crippen molar-refractivity contribution in [3.63, 3.8) is 0 Å². The second-order valence-corrected chi connectivity index (χ2v) is 4.36. The molecule has 1 saturated heterocycles. The molecule has 1 fully saturated rings. The van der Waals surface area contributed by atoms with Crippen molar-refractivity contribution >= 4 is 17.9 Å². The molecule has 0 spiro atoms. The number of urea groups is 1. The van der Waals surface area contributed by atoms with Gasteiger partial charge in [0.2, 0.25) is 5.91 Å². The van der Waals surface area contributed by atoms with Crippen LogP contribution in [0.25, 0.3) is 0 Å². The minimum absolute atomic E-state index is 0.160. The number of hydrogen-bond donors (Lipinski definition) is 3. The molecule has 1 aliphatic rings. The number of nitrogens with two attached hydrogens (primary N) is 1. The third kappa shape index (κ3) is 4.09. The lowest BCUT2D eigenvalue weighted by Gasteiger charge is -2.33. The summed E-state index contributed by atoms with van der Waals surface area (Å²) >= 11 is 0. The Hall–Kier alpha value is -1.83. The molecule has 0 aromatic carbocycles. The quantitative estimate of drug-likeness (QED) is 0.601. The van der Waals surface area contributed by atoms with Crippen LogP contribution in [0.4, 0.5) is 4.79 Å². The summed E-state index contributed by atoms with van der Waals surface area (Å²) in [5.41, 5.74) is 5.25. The van der Waals surface area contributed by atoms with Gasteiger partial charge in [-0.3, -0.25) is 4.79 Å². The van der Waals surface area contributed by atoms with Gasteiger partial charge in [-0.25, -0.2) is 9.59 Å². The standard InChI is InChI=1S/C11H19N3O5/c1-19-8(10(16)17)6-13-11(18)14-5-3-2-4-7(14)9(12)15/h7-8H,2-6H2,1H3,(H2,12,15)(H,13,18)(H,16,17). The zero-order valence-electron chi connectivity index (χ0n) is 10.8. The number of aliphatic carboxylic acids is 1. The minimum Gasteiger partial charge on any atom is -0.479 e. The summed E-state index contributed by atoms with van der Waals surface area (Å²) in [4.78, 5) is 35.2. The Morgan fingerprint density at radius 3 is 2.68 bits per heavy atom. The summed E-state index contributed by atoms with van der Waals surface area (Å²) in [7, 11) is 1.25. The van der Waals surface area contributed by atoms with Crippen LogP contribution in [0, 0.1) is 0 Å². The first-order chi connectivity index (χ1) is 8.97. The molecular weight excluding hydrogens is 254 g/mol. The molecule has 108 valence electrons. The number of carboxylic acids is 1. The van der Waals surface area contributed by atoms with Gasteiger partial charge in [-0.05, 0) is 19.3 Å². The number of primary amides is 1. The Kier molecular flexibility index (Phi) is 5.56. The predicted molar refractivity (Wildman–Crippen MR) is 65.4 cm³/mol. The number of likely N-dealkylation sites (tertiary alicyclic amines) is 1. The Morgan fingerprint density at radius 2 is 2.16 bits per heavy atom. The zero-order chi connectivity index (χ0) is 14.4. The molecule has 0 aliphatic carbocycles. The van der Waals surface area contributed by atoms with Crippen molar-refractivity contribution in [3.8, 4) is 0 Å². The first-order valence-electron chi connectivity index (χ1n) is 6.06. The van der Waals surface area contributed by atoms with Gasteiger partial charge in [0.05, 0.1) is 6.54 Å². The van der Waals surface area contributed by atoms with Gasteiger partial charge >= 0.3 is 12.0 Å². The molecule has 0 bridgehead atoms. The SMILES string of the molecule is COC(CNC(=O)N1CCCCC1C(N)=O)C(=O)O. The van der Waals surface area contributed by atoms with Gasteiger partial charge in [0, 0.05) is 13.7 Å². The molecule has 8 heteroatoms. The number of nitrogens with one attached hydrogen (secondary N) is 1. The molecule has 4 N–H and O–H groups in total. The summed E-state index contributed by atoms with van der Waals surface area (Å²) in [6.45, 7) is 0.275. The number of carboxylic acid groups (broad SMARTS) is 1. The molecule has 3 amide bonds. The number of amides is 3. The molecule has 0 aromatic rings. The third-order valence-electron chi connectivity index (χ3n) is 3.09. The second kappa shape index (κ2) is 6.93. The van der Waals surface area contributed by atoms with Gasteiger partial charge < -0.3 is 25.8 Å². The number of rotatable bonds is 5. The summed E-state index contributed by atoms with van der Waals surface area (Å²) in [5.74, 6) is -1.70. The largest absolute Gasteiger partial charge is 0.479 e. The summed E-state index contributed by atoms with van der Waals surface area (Å²) in [5, 5.41) is 11.2. The monoisotopic (exact) mass is 273 g/mol. The van der Waals surface area contributed by atoms with Crippen molar-refractivity contribution < 1.29 is 24.2 Å². The molecule has 0 radical (unpaired) electrons. The predicted octanol–water partition coefficient (Wildman–Crippen LogP) is -0.865. The number of carbonyl (C=O) groups is 3. The van der Waals surface area contributed by atoms with Gasteiger partial charge in [0.1, 0.15) is 6.04 Å². The number of methoxy groups -OCH3 is 1. The van der Waals surface area contributed by atoms with Crippen LogP contribution in [0.15, 0.2) is 0 Å². The van der Waals surface area contributed by atoms with E-state index in [0.29, 0.717) is 13.0 Å². The Balaban J connectivity index is 2.55. The fourth-order valence-corrected chi connectivity index (χ4v) is 2.02. The highest BCUT2D eigenvalue weighted by atomic mass is 16.5. The lowest BCUT2D eigenvalue weighted by atomic mass is 10.0. The number of carbonyl (C=O) groups excluding carboxylic acids is 2. The van der Waals surface area contributed by atoms with Gasteiger partial charge in [-0.1, -0.05) is 0 Å². The van der Waals surface area contributed by atoms with Crippen LogP contribution < -0.4 is 11.1 Å². The van der Waals surface area contributed by atoms with E-state index in [0.717, 1.165) is 12.8 Å². The van der Waals surface area contributed by atoms with E-state index in [1.807, 2.05) is 0 Å². The maximum atomic E-state index is 11.9. The summed E-state index contributed by atoms with van der Waals surface area (Å²) in [6, 6.07) is -1.12. The number of ether oxygens (including phenoxy) is 1. The first-order valence-corrected chi connectivity index (χ1v) is 6.06. The van der Waals surface area contributed by atoms with Crippen molar-refractivity contribution in [2.75, 3.05) is 20.2 Å². The minimum atomic E-state index is -1.16. The highest BCUT2D eigenvalue weighted by Gasteiger charge is 2.31. The molecule has 19 heavy (non-hydrogen) atoms. The molecule has 1 aliphatic heterocycles. The highest BCUT2D eigenvalue weighted by Crippen LogP contribution is 2.16. The van der Waals surface area contributed by atoms with E-state index in [1.165, 1.54) is 12.0 Å². The van der Waals surface area contributed by atoms with Crippen LogP contribution in [0.5, 0.6) is 0 Å². The van der Waals surface area contributed by atoms with E-state index in [2.05, 4.69) is 5.32 Å². The van der Waals surface area contributed by atoms with Crippen LogP contribution in [0.2, 0.25) is 0 Å². The Labute approximate surface area is 110 Å². The number of nitrogens with zero attached hydrogens (tertiary/aromatic N) is 1. The smallest absolute Gasteiger partial charge is 0.334 e. The zero-order valence-corrected chi connectivity index (χ0v) is 10.8. The van der Waals surface area contributed by atoms with Crippen LogP contribution in [-0.2, 0) is 14.3 Å². The van der Waals surface area contributed by atoms with E-state index < -0.39 is 30.1 Å². The van der Waals surface area contributed by atoms with Crippen molar-refractivity contribution in [1.29, 1.82) is 0 Å². The first kappa shape index (κ1) is 15.2. The van der Waals surface area contributed by atoms with Gasteiger partial charge in [-0.15, -0.1) is 0 Å². The molecule has 1 rings (SSSR count). The van der Waals surface area contributed by atoms with Crippen LogP contribution in [-0.4, -0.2) is 60.3 Å². The molecule has 1 heterocycles. The van der Waals surface area contributed by atoms with E-state index in [4.69, 9.17) is 15.6 Å². The van der Waals surface area contributed by atoms with Crippen LogP contribution in [0.1, 0.15) is 19.3 Å². The van der Waals surface area contributed by atoms with Gasteiger partial charge in [0.15, 0.2) is 6.10 Å². The molecule has 2 unspecified atom stereocenters. The van der Waals surface area contributed by atoms with E-state index in [9.17, 15) is 14.4 Å². The highest BCUT2D eigenvalue weighted by molar-refractivity contribution is 5.86. The number of hydrogen-bond acceptors (Lipinski definition) is 4. The lowest BCUT2D eigenvalue weighted by molar-refractivity contribution is -0.148. The molecular formula is C11H19N3O5. The summed E-state index contributed by atoms with van der Waals surface area (Å²) in [6.07, 6.45) is 1.06. The Bertz CT molecular complexity index is 360. The maximum absolute atomic E-state index is 11.9. The molecule has 8 nitrogen and oxygen atoms in total. The van der Waals surface area contributed by atoms with Gasteiger partial charge in [-0.2, -0.15) is 0 Å². The normalized spacial score (nSPS) is 20.7. The molecule has 0 aromatic heterocycles. The fourth-order valence-electron chi connectivity index (χ4n) is 2.02. The Morgan fingerprint density at radius 1 is 1.47 bits per heavy atom. The van der Waals surface area contributed by atoms with E-state index >= 15 is 0 Å². The molecule has 2 atom stereocenters. The topological polar surface area (TPSA) is 122 Å². The van der Waals surface area contributed by atoms with E-state index in [1.54, 1.807) is 0 Å². The summed E-state index contributed by atoms with van der Waals surface area (Å²) < 4.78 is 4.70. The fraction of sp³-hybridized carbons (Fsp3) is 0.727. The molecule has 0 saturated carbocycles. The van der Waals surface area contributed by atoms with Crippen LogP contribution in [0.3, 0.4) is 0 Å². The third-order valence-corrected chi connectivity index (χ3v) is 3.09. The second-order valence-electron chi connectivity index (χ2n) is 4.36.